The van der Waals surface area contributed by atoms with E-state index < -0.39 is 6.10 Å². The Labute approximate surface area is 230 Å². The highest BCUT2D eigenvalue weighted by Crippen LogP contribution is 2.38. The molecule has 5 rings (SSSR count). The lowest BCUT2D eigenvalue weighted by Gasteiger charge is -2.38. The molecule has 5 nitrogen and oxygen atoms in total. The van der Waals surface area contributed by atoms with Crippen molar-refractivity contribution in [3.8, 4) is 5.75 Å². The number of benzene rings is 4. The molecule has 0 aliphatic carbocycles. The third kappa shape index (κ3) is 6.04. The van der Waals surface area contributed by atoms with Crippen LogP contribution in [0, 0.1) is 13.8 Å². The Morgan fingerprint density at radius 2 is 1.64 bits per heavy atom. The van der Waals surface area contributed by atoms with Gasteiger partial charge >= 0.3 is 0 Å². The zero-order chi connectivity index (χ0) is 27.4. The first kappa shape index (κ1) is 26.2. The van der Waals surface area contributed by atoms with Crippen molar-refractivity contribution in [2.45, 2.75) is 45.9 Å². The molecule has 39 heavy (non-hydrogen) atoms. The SMILES string of the molecule is Cc1cccc(CNC(=O)[C@@H](C)Oc2ccc3c(c2)[C@@H](c2cccc(C)c2)N(C(=O)c2ccccc2)CC3)c1. The lowest BCUT2D eigenvalue weighted by atomic mass is 9.87. The van der Waals surface area contributed by atoms with Gasteiger partial charge in [0.1, 0.15) is 5.75 Å². The molecule has 1 aliphatic rings. The molecule has 0 aromatic heterocycles. The standard InChI is InChI=1S/C34H34N2O3/c1-23-9-7-11-26(19-23)22-35-33(37)25(3)39-30-16-15-27-17-18-36(34(38)28-12-5-4-6-13-28)32(31(27)21-30)29-14-8-10-24(2)20-29/h4-16,19-21,25,32H,17-18,22H2,1-3H3,(H,35,37)/t25-,32-/m1/s1. The molecule has 4 aromatic carbocycles. The number of hydrogen-bond acceptors (Lipinski definition) is 3. The highest BCUT2D eigenvalue weighted by molar-refractivity contribution is 5.95. The van der Waals surface area contributed by atoms with Crippen LogP contribution in [-0.4, -0.2) is 29.4 Å². The number of carbonyl (C=O) groups excluding carboxylic acids is 2. The highest BCUT2D eigenvalue weighted by Gasteiger charge is 2.33. The summed E-state index contributed by atoms with van der Waals surface area (Å²) >= 11 is 0. The Morgan fingerprint density at radius 1 is 0.897 bits per heavy atom. The van der Waals surface area contributed by atoms with Crippen molar-refractivity contribution in [2.24, 2.45) is 0 Å². The monoisotopic (exact) mass is 518 g/mol. The van der Waals surface area contributed by atoms with E-state index in [0.29, 0.717) is 24.4 Å². The van der Waals surface area contributed by atoms with E-state index in [2.05, 4.69) is 42.6 Å². The second-order valence-corrected chi connectivity index (χ2v) is 10.3. The van der Waals surface area contributed by atoms with E-state index in [4.69, 9.17) is 4.74 Å². The van der Waals surface area contributed by atoms with Crippen LogP contribution in [0.25, 0.3) is 0 Å². The summed E-state index contributed by atoms with van der Waals surface area (Å²) in [4.78, 5) is 28.5. The van der Waals surface area contributed by atoms with Crippen molar-refractivity contribution in [1.29, 1.82) is 0 Å². The molecule has 2 amide bonds. The molecule has 0 spiro atoms. The fourth-order valence-electron chi connectivity index (χ4n) is 5.24. The van der Waals surface area contributed by atoms with Gasteiger partial charge in [-0.15, -0.1) is 0 Å². The summed E-state index contributed by atoms with van der Waals surface area (Å²) in [6.07, 6.45) is 0.0826. The number of rotatable bonds is 7. The van der Waals surface area contributed by atoms with Gasteiger partial charge in [0, 0.05) is 18.7 Å². The van der Waals surface area contributed by atoms with Gasteiger partial charge in [0.25, 0.3) is 11.8 Å². The molecule has 0 fully saturated rings. The minimum absolute atomic E-state index is 0.00275. The average Bonchev–Trinajstić information content (AvgIpc) is 2.95. The van der Waals surface area contributed by atoms with Crippen molar-refractivity contribution in [2.75, 3.05) is 6.54 Å². The minimum Gasteiger partial charge on any atom is -0.481 e. The topological polar surface area (TPSA) is 58.6 Å². The fourth-order valence-corrected chi connectivity index (χ4v) is 5.24. The summed E-state index contributed by atoms with van der Waals surface area (Å²) in [5.74, 6) is 0.437. The Hall–Kier alpha value is -4.38. The minimum atomic E-state index is -0.670. The van der Waals surface area contributed by atoms with Crippen molar-refractivity contribution < 1.29 is 14.3 Å². The molecule has 5 heteroatoms. The fraction of sp³-hybridized carbons (Fsp3) is 0.235. The lowest BCUT2D eigenvalue weighted by Crippen LogP contribution is -2.40. The quantitative estimate of drug-likeness (QED) is 0.318. The van der Waals surface area contributed by atoms with Crippen molar-refractivity contribution >= 4 is 11.8 Å². The molecule has 0 bridgehead atoms. The second kappa shape index (κ2) is 11.6. The molecular weight excluding hydrogens is 484 g/mol. The van der Waals surface area contributed by atoms with E-state index in [1.807, 2.05) is 78.6 Å². The number of hydrogen-bond donors (Lipinski definition) is 1. The van der Waals surface area contributed by atoms with Gasteiger partial charge in [-0.1, -0.05) is 83.9 Å². The zero-order valence-corrected chi connectivity index (χ0v) is 22.7. The molecule has 0 unspecified atom stereocenters. The molecule has 0 saturated heterocycles. The summed E-state index contributed by atoms with van der Waals surface area (Å²) in [6, 6.07) is 31.5. The molecule has 0 radical (unpaired) electrons. The van der Waals surface area contributed by atoms with Gasteiger partial charge < -0.3 is 15.0 Å². The predicted octanol–water partition coefficient (Wildman–Crippen LogP) is 6.18. The number of carbonyl (C=O) groups is 2. The normalized spacial score (nSPS) is 15.3. The van der Waals surface area contributed by atoms with Crippen LogP contribution in [0.2, 0.25) is 0 Å². The molecular formula is C34H34N2O3. The summed E-state index contributed by atoms with van der Waals surface area (Å²) < 4.78 is 6.13. The van der Waals surface area contributed by atoms with Gasteiger partial charge in [-0.05, 0) is 73.7 Å². The van der Waals surface area contributed by atoms with E-state index in [-0.39, 0.29) is 17.9 Å². The van der Waals surface area contributed by atoms with Crippen LogP contribution >= 0.6 is 0 Å². The summed E-state index contributed by atoms with van der Waals surface area (Å²) in [7, 11) is 0. The average molecular weight is 519 g/mol. The van der Waals surface area contributed by atoms with Crippen LogP contribution < -0.4 is 10.1 Å². The Morgan fingerprint density at radius 3 is 2.38 bits per heavy atom. The summed E-state index contributed by atoms with van der Waals surface area (Å²) in [6.45, 7) is 6.93. The summed E-state index contributed by atoms with van der Waals surface area (Å²) in [5.41, 5.74) is 7.28. The maximum Gasteiger partial charge on any atom is 0.261 e. The van der Waals surface area contributed by atoms with E-state index in [0.717, 1.165) is 34.2 Å². The van der Waals surface area contributed by atoms with Crippen molar-refractivity contribution in [3.05, 3.63) is 136 Å². The molecule has 1 N–H and O–H groups in total. The number of fused-ring (bicyclic) bond motifs is 1. The molecule has 2 atom stereocenters. The predicted molar refractivity (Wildman–Crippen MR) is 154 cm³/mol. The van der Waals surface area contributed by atoms with Crippen LogP contribution in [0.15, 0.2) is 97.1 Å². The second-order valence-electron chi connectivity index (χ2n) is 10.3. The smallest absolute Gasteiger partial charge is 0.261 e. The first-order valence-corrected chi connectivity index (χ1v) is 13.4. The Kier molecular flexibility index (Phi) is 7.78. The molecule has 198 valence electrons. The lowest BCUT2D eigenvalue weighted by molar-refractivity contribution is -0.127. The van der Waals surface area contributed by atoms with E-state index in [1.165, 1.54) is 5.56 Å². The maximum atomic E-state index is 13.7. The van der Waals surface area contributed by atoms with Crippen LogP contribution in [0.3, 0.4) is 0 Å². The van der Waals surface area contributed by atoms with Gasteiger partial charge in [-0.2, -0.15) is 0 Å². The van der Waals surface area contributed by atoms with Crippen LogP contribution in [0.1, 0.15) is 56.7 Å². The summed E-state index contributed by atoms with van der Waals surface area (Å²) in [5, 5.41) is 2.97. The van der Waals surface area contributed by atoms with Gasteiger partial charge in [-0.25, -0.2) is 0 Å². The van der Waals surface area contributed by atoms with Gasteiger partial charge in [-0.3, -0.25) is 9.59 Å². The third-order valence-electron chi connectivity index (χ3n) is 7.22. The van der Waals surface area contributed by atoms with Gasteiger partial charge in [0.2, 0.25) is 0 Å². The molecule has 1 heterocycles. The number of amides is 2. The van der Waals surface area contributed by atoms with Gasteiger partial charge in [0.05, 0.1) is 6.04 Å². The number of ether oxygens (including phenoxy) is 1. The number of nitrogens with zero attached hydrogens (tertiary/aromatic N) is 1. The van der Waals surface area contributed by atoms with E-state index in [1.54, 1.807) is 6.92 Å². The first-order chi connectivity index (χ1) is 18.9. The number of aryl methyl sites for hydroxylation is 2. The van der Waals surface area contributed by atoms with Crippen LogP contribution in [0.4, 0.5) is 0 Å². The van der Waals surface area contributed by atoms with Crippen LogP contribution in [-0.2, 0) is 17.8 Å². The van der Waals surface area contributed by atoms with Crippen molar-refractivity contribution in [3.63, 3.8) is 0 Å². The highest BCUT2D eigenvalue weighted by atomic mass is 16.5. The van der Waals surface area contributed by atoms with E-state index >= 15 is 0 Å². The largest absolute Gasteiger partial charge is 0.481 e. The van der Waals surface area contributed by atoms with E-state index in [9.17, 15) is 9.59 Å². The Bertz CT molecular complexity index is 1480. The Balaban J connectivity index is 1.40. The van der Waals surface area contributed by atoms with Gasteiger partial charge in [0.15, 0.2) is 6.10 Å². The molecule has 1 aliphatic heterocycles. The number of nitrogens with one attached hydrogen (secondary N) is 1. The molecule has 4 aromatic rings. The third-order valence-corrected chi connectivity index (χ3v) is 7.22. The first-order valence-electron chi connectivity index (χ1n) is 13.4. The maximum absolute atomic E-state index is 13.7. The molecule has 0 saturated carbocycles. The van der Waals surface area contributed by atoms with Crippen molar-refractivity contribution in [1.82, 2.24) is 10.2 Å². The van der Waals surface area contributed by atoms with Crippen LogP contribution in [0.5, 0.6) is 5.75 Å². The zero-order valence-electron chi connectivity index (χ0n) is 22.7.